The molecule has 112 valence electrons. The van der Waals surface area contributed by atoms with Gasteiger partial charge in [0.05, 0.1) is 19.1 Å². The van der Waals surface area contributed by atoms with Gasteiger partial charge in [0.2, 0.25) is 5.91 Å². The Balaban J connectivity index is 2.17. The summed E-state index contributed by atoms with van der Waals surface area (Å²) >= 11 is 0. The molecule has 0 radical (unpaired) electrons. The summed E-state index contributed by atoms with van der Waals surface area (Å²) in [4.78, 5) is 11.5. The number of aliphatic hydroxyl groups excluding tert-OH is 1. The molecule has 0 saturated carbocycles. The Morgan fingerprint density at radius 2 is 2.20 bits per heavy atom. The van der Waals surface area contributed by atoms with Crippen molar-refractivity contribution in [3.8, 4) is 5.75 Å². The minimum Gasteiger partial charge on any atom is -0.493 e. The molecule has 0 aliphatic carbocycles. The van der Waals surface area contributed by atoms with E-state index in [2.05, 4.69) is 5.32 Å². The summed E-state index contributed by atoms with van der Waals surface area (Å²) in [7, 11) is 0. The van der Waals surface area contributed by atoms with E-state index in [0.717, 1.165) is 0 Å². The predicted octanol–water partition coefficient (Wildman–Crippen LogP) is 2.12. The smallest absolute Gasteiger partial charge is 0.223 e. The molecular formula is C15H22FNO3. The highest BCUT2D eigenvalue weighted by Crippen LogP contribution is 2.11. The van der Waals surface area contributed by atoms with E-state index < -0.39 is 6.10 Å². The third-order valence-electron chi connectivity index (χ3n) is 2.67. The molecule has 1 aromatic carbocycles. The van der Waals surface area contributed by atoms with Crippen LogP contribution in [0.25, 0.3) is 0 Å². The lowest BCUT2D eigenvalue weighted by Crippen LogP contribution is -2.33. The molecule has 5 heteroatoms. The number of ether oxygens (including phenoxy) is 1. The van der Waals surface area contributed by atoms with Crippen LogP contribution in [0.3, 0.4) is 0 Å². The third kappa shape index (κ3) is 7.09. The molecule has 0 aliphatic rings. The Labute approximate surface area is 119 Å². The topological polar surface area (TPSA) is 58.6 Å². The lowest BCUT2D eigenvalue weighted by atomic mass is 10.1. The van der Waals surface area contributed by atoms with E-state index in [0.29, 0.717) is 18.1 Å². The summed E-state index contributed by atoms with van der Waals surface area (Å²) in [5.41, 5.74) is 0. The summed E-state index contributed by atoms with van der Waals surface area (Å²) in [5.74, 6) is 0.226. The van der Waals surface area contributed by atoms with Crippen LogP contribution in [0.15, 0.2) is 24.3 Å². The van der Waals surface area contributed by atoms with Gasteiger partial charge in [0.1, 0.15) is 11.6 Å². The van der Waals surface area contributed by atoms with E-state index in [1.807, 2.05) is 13.8 Å². The molecule has 1 amide bonds. The molecule has 4 nitrogen and oxygen atoms in total. The third-order valence-corrected chi connectivity index (χ3v) is 2.67. The van der Waals surface area contributed by atoms with Crippen molar-refractivity contribution in [2.24, 2.45) is 5.92 Å². The van der Waals surface area contributed by atoms with Crippen molar-refractivity contribution in [2.75, 3.05) is 13.2 Å². The molecule has 0 saturated heterocycles. The molecule has 2 N–H and O–H groups in total. The van der Waals surface area contributed by atoms with E-state index in [9.17, 15) is 14.3 Å². The molecular weight excluding hydrogens is 261 g/mol. The SMILES string of the molecule is CC(C)CC(O)CNC(=O)CCOc1cccc(F)c1. The van der Waals surface area contributed by atoms with Crippen LogP contribution < -0.4 is 10.1 Å². The Bertz CT molecular complexity index is 423. The highest BCUT2D eigenvalue weighted by atomic mass is 19.1. The fourth-order valence-corrected chi connectivity index (χ4v) is 1.77. The van der Waals surface area contributed by atoms with Gasteiger partial charge in [-0.3, -0.25) is 4.79 Å². The maximum Gasteiger partial charge on any atom is 0.223 e. The zero-order valence-corrected chi connectivity index (χ0v) is 11.9. The van der Waals surface area contributed by atoms with Gasteiger partial charge in [-0.25, -0.2) is 4.39 Å². The van der Waals surface area contributed by atoms with Gasteiger partial charge in [0.15, 0.2) is 0 Å². The van der Waals surface area contributed by atoms with Crippen molar-refractivity contribution >= 4 is 5.91 Å². The Hall–Kier alpha value is -1.62. The van der Waals surface area contributed by atoms with E-state index in [1.165, 1.54) is 12.1 Å². The molecule has 1 unspecified atom stereocenters. The summed E-state index contributed by atoms with van der Waals surface area (Å²) in [6.45, 7) is 4.45. The van der Waals surface area contributed by atoms with Crippen LogP contribution in [-0.2, 0) is 4.79 Å². The number of aliphatic hydroxyl groups is 1. The van der Waals surface area contributed by atoms with Gasteiger partial charge < -0.3 is 15.2 Å². The molecule has 0 aliphatic heterocycles. The molecule has 0 heterocycles. The molecule has 1 aromatic rings. The fourth-order valence-electron chi connectivity index (χ4n) is 1.77. The first-order chi connectivity index (χ1) is 9.47. The average Bonchev–Trinajstić information content (AvgIpc) is 2.36. The number of hydrogen-bond donors (Lipinski definition) is 2. The summed E-state index contributed by atoms with van der Waals surface area (Å²) in [6.07, 6.45) is 0.299. The van der Waals surface area contributed by atoms with E-state index in [4.69, 9.17) is 4.74 Å². The lowest BCUT2D eigenvalue weighted by molar-refractivity contribution is -0.122. The maximum atomic E-state index is 12.9. The van der Waals surface area contributed by atoms with Crippen molar-refractivity contribution < 1.29 is 19.0 Å². The van der Waals surface area contributed by atoms with Gasteiger partial charge in [-0.15, -0.1) is 0 Å². The van der Waals surface area contributed by atoms with Crippen molar-refractivity contribution in [3.05, 3.63) is 30.1 Å². The zero-order chi connectivity index (χ0) is 15.0. The predicted molar refractivity (Wildman–Crippen MR) is 75.0 cm³/mol. The van der Waals surface area contributed by atoms with Crippen molar-refractivity contribution in [1.82, 2.24) is 5.32 Å². The van der Waals surface area contributed by atoms with Crippen LogP contribution in [0.4, 0.5) is 4.39 Å². The van der Waals surface area contributed by atoms with Gasteiger partial charge >= 0.3 is 0 Å². The van der Waals surface area contributed by atoms with Gasteiger partial charge in [0, 0.05) is 12.6 Å². The number of hydrogen-bond acceptors (Lipinski definition) is 3. The van der Waals surface area contributed by atoms with Crippen molar-refractivity contribution in [2.45, 2.75) is 32.8 Å². The first kappa shape index (κ1) is 16.4. The average molecular weight is 283 g/mol. The number of rotatable bonds is 8. The van der Waals surface area contributed by atoms with Crippen LogP contribution >= 0.6 is 0 Å². The van der Waals surface area contributed by atoms with Crippen molar-refractivity contribution in [3.63, 3.8) is 0 Å². The quantitative estimate of drug-likeness (QED) is 0.768. The maximum absolute atomic E-state index is 12.9. The van der Waals surface area contributed by atoms with Crippen LogP contribution in [0.5, 0.6) is 5.75 Å². The molecule has 0 fully saturated rings. The molecule has 1 atom stereocenters. The molecule has 0 spiro atoms. The summed E-state index contributed by atoms with van der Waals surface area (Å²) in [6, 6.07) is 5.78. The van der Waals surface area contributed by atoms with Gasteiger partial charge in [-0.05, 0) is 24.5 Å². The number of halogens is 1. The second-order valence-electron chi connectivity index (χ2n) is 5.14. The minimum atomic E-state index is -0.525. The Morgan fingerprint density at radius 3 is 2.85 bits per heavy atom. The monoisotopic (exact) mass is 283 g/mol. The van der Waals surface area contributed by atoms with Gasteiger partial charge in [-0.1, -0.05) is 19.9 Å². The zero-order valence-electron chi connectivity index (χ0n) is 11.9. The molecule has 0 aromatic heterocycles. The van der Waals surface area contributed by atoms with E-state index in [1.54, 1.807) is 12.1 Å². The van der Waals surface area contributed by atoms with Crippen molar-refractivity contribution in [1.29, 1.82) is 0 Å². The van der Waals surface area contributed by atoms with E-state index in [-0.39, 0.29) is 31.3 Å². The fraction of sp³-hybridized carbons (Fsp3) is 0.533. The number of carbonyl (C=O) groups excluding carboxylic acids is 1. The second-order valence-corrected chi connectivity index (χ2v) is 5.14. The van der Waals surface area contributed by atoms with Crippen LogP contribution in [0.1, 0.15) is 26.7 Å². The molecule has 0 bridgehead atoms. The van der Waals surface area contributed by atoms with Crippen LogP contribution in [-0.4, -0.2) is 30.3 Å². The first-order valence-corrected chi connectivity index (χ1v) is 6.80. The summed E-state index contributed by atoms with van der Waals surface area (Å²) < 4.78 is 18.1. The van der Waals surface area contributed by atoms with Crippen LogP contribution in [0, 0.1) is 11.7 Å². The van der Waals surface area contributed by atoms with Gasteiger partial charge in [0.25, 0.3) is 0 Å². The largest absolute Gasteiger partial charge is 0.493 e. The Morgan fingerprint density at radius 1 is 1.45 bits per heavy atom. The minimum absolute atomic E-state index is 0.172. The second kappa shape index (κ2) is 8.53. The first-order valence-electron chi connectivity index (χ1n) is 6.80. The molecule has 20 heavy (non-hydrogen) atoms. The van der Waals surface area contributed by atoms with Crippen LogP contribution in [0.2, 0.25) is 0 Å². The van der Waals surface area contributed by atoms with Gasteiger partial charge in [-0.2, -0.15) is 0 Å². The number of nitrogens with one attached hydrogen (secondary N) is 1. The van der Waals surface area contributed by atoms with E-state index >= 15 is 0 Å². The number of amides is 1. The lowest BCUT2D eigenvalue weighted by Gasteiger charge is -2.14. The number of benzene rings is 1. The highest BCUT2D eigenvalue weighted by Gasteiger charge is 2.09. The standard InChI is InChI=1S/C15H22FNO3/c1-11(2)8-13(18)10-17-15(19)6-7-20-14-5-3-4-12(16)9-14/h3-5,9,11,13,18H,6-8,10H2,1-2H3,(H,17,19). The summed E-state index contributed by atoms with van der Waals surface area (Å²) in [5, 5.41) is 12.3. The number of carbonyl (C=O) groups is 1. The molecule has 1 rings (SSSR count). The Kier molecular flexibility index (Phi) is 7.01. The normalized spacial score (nSPS) is 12.2. The highest BCUT2D eigenvalue weighted by molar-refractivity contribution is 5.76.